The minimum absolute atomic E-state index is 0.0915. The molecule has 1 amide bonds. The van der Waals surface area contributed by atoms with Crippen LogP contribution >= 0.6 is 0 Å². The summed E-state index contributed by atoms with van der Waals surface area (Å²) in [6.45, 7) is 4.25. The van der Waals surface area contributed by atoms with Crippen LogP contribution in [-0.2, 0) is 9.53 Å². The Morgan fingerprint density at radius 2 is 1.93 bits per heavy atom. The Kier molecular flexibility index (Phi) is 5.25. The van der Waals surface area contributed by atoms with E-state index in [4.69, 9.17) is 13.9 Å². The third-order valence-corrected chi connectivity index (χ3v) is 4.89. The monoisotopic (exact) mass is 393 g/mol. The maximum Gasteiger partial charge on any atom is 0.375 e. The molecule has 3 aromatic rings. The maximum atomic E-state index is 12.9. The van der Waals surface area contributed by atoms with E-state index in [1.165, 1.54) is 0 Å². The lowest BCUT2D eigenvalue weighted by molar-refractivity contribution is -0.130. The Balaban J connectivity index is 1.61. The number of hydrogen-bond acceptors (Lipinski definition) is 5. The molecule has 1 atom stereocenters. The zero-order valence-corrected chi connectivity index (χ0v) is 16.4. The van der Waals surface area contributed by atoms with E-state index < -0.39 is 12.1 Å². The number of esters is 1. The smallest absolute Gasteiger partial charge is 0.375 e. The molecular weight excluding hydrogens is 370 g/mol. The van der Waals surface area contributed by atoms with Gasteiger partial charge in [0.1, 0.15) is 11.3 Å². The second-order valence-corrected chi connectivity index (χ2v) is 7.13. The van der Waals surface area contributed by atoms with Gasteiger partial charge < -0.3 is 19.2 Å². The third kappa shape index (κ3) is 4.11. The summed E-state index contributed by atoms with van der Waals surface area (Å²) in [5, 5.41) is 3.69. The largest absolute Gasteiger partial charge is 0.494 e. The fraction of sp³-hybridized carbons (Fsp3) is 0.304. The molecule has 1 aliphatic rings. The van der Waals surface area contributed by atoms with Gasteiger partial charge in [-0.05, 0) is 44.9 Å². The van der Waals surface area contributed by atoms with Crippen molar-refractivity contribution in [1.29, 1.82) is 0 Å². The number of ether oxygens (including phenoxy) is 2. The van der Waals surface area contributed by atoms with E-state index in [0.29, 0.717) is 29.1 Å². The summed E-state index contributed by atoms with van der Waals surface area (Å²) in [4.78, 5) is 25.6. The first-order chi connectivity index (χ1) is 14.1. The van der Waals surface area contributed by atoms with Crippen LogP contribution in [0.5, 0.6) is 5.75 Å². The molecule has 2 aromatic carbocycles. The van der Waals surface area contributed by atoms with Crippen molar-refractivity contribution in [2.24, 2.45) is 0 Å². The van der Waals surface area contributed by atoms with E-state index in [0.717, 1.165) is 18.2 Å². The second kappa shape index (κ2) is 7.99. The van der Waals surface area contributed by atoms with Crippen molar-refractivity contribution in [3.05, 3.63) is 65.4 Å². The van der Waals surface area contributed by atoms with Crippen molar-refractivity contribution in [2.75, 3.05) is 6.61 Å². The second-order valence-electron chi connectivity index (χ2n) is 7.13. The molecule has 0 aliphatic heterocycles. The number of aryl methyl sites for hydroxylation is 1. The van der Waals surface area contributed by atoms with E-state index in [2.05, 4.69) is 5.32 Å². The highest BCUT2D eigenvalue weighted by Crippen LogP contribution is 2.31. The Labute approximate surface area is 168 Å². The quantitative estimate of drug-likeness (QED) is 0.605. The number of fused-ring (bicyclic) bond motifs is 1. The lowest BCUT2D eigenvalue weighted by Gasteiger charge is -2.17. The zero-order valence-electron chi connectivity index (χ0n) is 16.4. The van der Waals surface area contributed by atoms with Gasteiger partial charge in [0.05, 0.1) is 6.61 Å². The molecule has 0 radical (unpaired) electrons. The van der Waals surface area contributed by atoms with Crippen LogP contribution in [0.4, 0.5) is 0 Å². The highest BCUT2D eigenvalue weighted by atomic mass is 16.6. The van der Waals surface area contributed by atoms with Gasteiger partial charge >= 0.3 is 5.97 Å². The SMILES string of the molecule is CCOc1ccc2oc(C(=O)O[C@H](C(=O)NC3CC3)c3ccccc3)c(C)c2c1. The number of benzene rings is 2. The summed E-state index contributed by atoms with van der Waals surface area (Å²) >= 11 is 0. The fourth-order valence-corrected chi connectivity index (χ4v) is 3.22. The van der Waals surface area contributed by atoms with Crippen LogP contribution in [0.2, 0.25) is 0 Å². The van der Waals surface area contributed by atoms with E-state index in [-0.39, 0.29) is 17.7 Å². The fourth-order valence-electron chi connectivity index (χ4n) is 3.22. The number of carbonyl (C=O) groups is 2. The summed E-state index contributed by atoms with van der Waals surface area (Å²) in [6, 6.07) is 14.6. The van der Waals surface area contributed by atoms with Gasteiger partial charge in [-0.2, -0.15) is 0 Å². The van der Waals surface area contributed by atoms with Crippen LogP contribution in [0.25, 0.3) is 11.0 Å². The van der Waals surface area contributed by atoms with Crippen molar-refractivity contribution >= 4 is 22.8 Å². The maximum absolute atomic E-state index is 12.9. The molecule has 0 unspecified atom stereocenters. The molecule has 4 rings (SSSR count). The van der Waals surface area contributed by atoms with Crippen LogP contribution in [0.1, 0.15) is 47.6 Å². The summed E-state index contributed by atoms with van der Waals surface area (Å²) in [6.07, 6.45) is 0.869. The molecule has 6 nitrogen and oxygen atoms in total. The number of carbonyl (C=O) groups excluding carboxylic acids is 2. The van der Waals surface area contributed by atoms with Gasteiger partial charge in [-0.15, -0.1) is 0 Å². The van der Waals surface area contributed by atoms with Crippen molar-refractivity contribution in [1.82, 2.24) is 5.32 Å². The van der Waals surface area contributed by atoms with Crippen molar-refractivity contribution in [3.8, 4) is 5.75 Å². The molecule has 1 N–H and O–H groups in total. The average molecular weight is 393 g/mol. The van der Waals surface area contributed by atoms with Crippen LogP contribution in [0.15, 0.2) is 52.9 Å². The van der Waals surface area contributed by atoms with Crippen LogP contribution in [0.3, 0.4) is 0 Å². The Bertz CT molecular complexity index is 1040. The topological polar surface area (TPSA) is 77.8 Å². The molecule has 1 aliphatic carbocycles. The number of rotatable bonds is 7. The standard InChI is InChI=1S/C23H23NO5/c1-3-27-17-11-12-19-18(13-17)14(2)20(28-19)23(26)29-21(15-7-5-4-6-8-15)22(25)24-16-9-10-16/h4-8,11-13,16,21H,3,9-10H2,1-2H3,(H,24,25)/t21-/m0/s1. The molecule has 0 saturated heterocycles. The van der Waals surface area contributed by atoms with E-state index >= 15 is 0 Å². The first-order valence-corrected chi connectivity index (χ1v) is 9.79. The van der Waals surface area contributed by atoms with Gasteiger partial charge in [-0.1, -0.05) is 30.3 Å². The molecule has 6 heteroatoms. The van der Waals surface area contributed by atoms with Crippen LogP contribution in [0, 0.1) is 6.92 Å². The minimum atomic E-state index is -1.03. The van der Waals surface area contributed by atoms with E-state index in [1.807, 2.05) is 31.2 Å². The number of furan rings is 1. The summed E-state index contributed by atoms with van der Waals surface area (Å²) < 4.78 is 16.9. The molecule has 1 saturated carbocycles. The van der Waals surface area contributed by atoms with E-state index in [9.17, 15) is 9.59 Å². The van der Waals surface area contributed by atoms with Crippen molar-refractivity contribution in [2.45, 2.75) is 38.8 Å². The van der Waals surface area contributed by atoms with Gasteiger partial charge in [0.15, 0.2) is 0 Å². The predicted molar refractivity (Wildman–Crippen MR) is 108 cm³/mol. The molecule has 1 heterocycles. The number of amides is 1. The van der Waals surface area contributed by atoms with Gasteiger partial charge in [0.2, 0.25) is 11.9 Å². The van der Waals surface area contributed by atoms with Gasteiger partial charge in [0.25, 0.3) is 5.91 Å². The Morgan fingerprint density at radius 1 is 1.17 bits per heavy atom. The Morgan fingerprint density at radius 3 is 2.62 bits per heavy atom. The molecule has 1 aromatic heterocycles. The first kappa shape index (κ1) is 19.1. The molecule has 0 spiro atoms. The molecule has 0 bridgehead atoms. The van der Waals surface area contributed by atoms with Crippen molar-refractivity contribution in [3.63, 3.8) is 0 Å². The van der Waals surface area contributed by atoms with E-state index in [1.54, 1.807) is 31.2 Å². The van der Waals surface area contributed by atoms with Crippen LogP contribution in [-0.4, -0.2) is 24.5 Å². The van der Waals surface area contributed by atoms with Gasteiger partial charge in [-0.3, -0.25) is 4.79 Å². The lowest BCUT2D eigenvalue weighted by atomic mass is 10.1. The van der Waals surface area contributed by atoms with Crippen molar-refractivity contribution < 1.29 is 23.5 Å². The molecule has 150 valence electrons. The number of hydrogen-bond donors (Lipinski definition) is 1. The summed E-state index contributed by atoms with van der Waals surface area (Å²) in [5.74, 6) is -0.195. The van der Waals surface area contributed by atoms with Crippen LogP contribution < -0.4 is 10.1 Å². The molecule has 29 heavy (non-hydrogen) atoms. The molecule has 1 fully saturated rings. The highest BCUT2D eigenvalue weighted by Gasteiger charge is 2.32. The number of nitrogens with one attached hydrogen (secondary N) is 1. The minimum Gasteiger partial charge on any atom is -0.494 e. The van der Waals surface area contributed by atoms with Gasteiger partial charge in [-0.25, -0.2) is 4.79 Å². The normalized spacial score (nSPS) is 14.4. The first-order valence-electron chi connectivity index (χ1n) is 9.79. The third-order valence-electron chi connectivity index (χ3n) is 4.89. The zero-order chi connectivity index (χ0) is 20.4. The summed E-state index contributed by atoms with van der Waals surface area (Å²) in [5.41, 5.74) is 1.84. The summed E-state index contributed by atoms with van der Waals surface area (Å²) in [7, 11) is 0. The lowest BCUT2D eigenvalue weighted by Crippen LogP contribution is -2.33. The molecular formula is C23H23NO5. The average Bonchev–Trinajstić information content (AvgIpc) is 3.48. The predicted octanol–water partition coefficient (Wildman–Crippen LogP) is 4.32. The Hall–Kier alpha value is -3.28. The van der Waals surface area contributed by atoms with Gasteiger partial charge in [0, 0.05) is 22.6 Å². The highest BCUT2D eigenvalue weighted by molar-refractivity contribution is 5.97.